The minimum atomic E-state index is -1.54. The molecule has 13 heteroatoms. The third-order valence-electron chi connectivity index (χ3n) is 3.51. The summed E-state index contributed by atoms with van der Waals surface area (Å²) in [6.07, 6.45) is -5.49. The van der Waals surface area contributed by atoms with Crippen molar-refractivity contribution in [1.29, 1.82) is 0 Å². The highest BCUT2D eigenvalue weighted by molar-refractivity contribution is 5.92. The molecule has 0 bridgehead atoms. The molecule has 124 valence electrons. The van der Waals surface area contributed by atoms with Crippen LogP contribution in [0.4, 0.5) is 10.6 Å². The highest BCUT2D eigenvalue weighted by Gasteiger charge is 2.44. The molecule has 7 N–H and O–H groups in total. The largest absolute Gasteiger partial charge is 0.394 e. The number of hydrogen-bond donors (Lipinski definition) is 5. The SMILES string of the molecule is NC(=O)n1nc(N)c2nnn(C3OC(CO)C(O)C3O)c(=O)c21. The average Bonchev–Trinajstić information content (AvgIpc) is 3.00. The molecule has 0 radical (unpaired) electrons. The van der Waals surface area contributed by atoms with Crippen LogP contribution in [0.3, 0.4) is 0 Å². The minimum absolute atomic E-state index is 0.142. The summed E-state index contributed by atoms with van der Waals surface area (Å²) in [6.45, 7) is -0.578. The van der Waals surface area contributed by atoms with Gasteiger partial charge in [-0.1, -0.05) is 5.21 Å². The number of fused-ring (bicyclic) bond motifs is 1. The lowest BCUT2D eigenvalue weighted by atomic mass is 10.1. The number of primary amides is 1. The van der Waals surface area contributed by atoms with Crippen molar-refractivity contribution in [2.75, 3.05) is 12.3 Å². The van der Waals surface area contributed by atoms with Crippen molar-refractivity contribution in [2.45, 2.75) is 24.5 Å². The van der Waals surface area contributed by atoms with E-state index in [9.17, 15) is 19.8 Å². The molecule has 2 aromatic rings. The second-order valence-electron chi connectivity index (χ2n) is 4.90. The smallest absolute Gasteiger partial charge is 0.340 e. The quantitative estimate of drug-likeness (QED) is 0.362. The summed E-state index contributed by atoms with van der Waals surface area (Å²) < 4.78 is 6.36. The van der Waals surface area contributed by atoms with Gasteiger partial charge < -0.3 is 31.5 Å². The maximum absolute atomic E-state index is 12.5. The Kier molecular flexibility index (Phi) is 3.48. The van der Waals surface area contributed by atoms with Crippen LogP contribution in [0.2, 0.25) is 0 Å². The fraction of sp³-hybridized carbons (Fsp3) is 0.500. The van der Waals surface area contributed by atoms with Gasteiger partial charge in [0.2, 0.25) is 0 Å². The normalized spacial score (nSPS) is 27.6. The lowest BCUT2D eigenvalue weighted by Crippen LogP contribution is -2.37. The Morgan fingerprint density at radius 3 is 2.61 bits per heavy atom. The molecule has 0 saturated carbocycles. The Balaban J connectivity index is 2.17. The van der Waals surface area contributed by atoms with Crippen LogP contribution in [0.1, 0.15) is 6.23 Å². The van der Waals surface area contributed by atoms with Gasteiger partial charge in [0.15, 0.2) is 23.1 Å². The maximum atomic E-state index is 12.5. The van der Waals surface area contributed by atoms with Crippen LogP contribution >= 0.6 is 0 Å². The van der Waals surface area contributed by atoms with Gasteiger partial charge in [-0.25, -0.2) is 4.79 Å². The van der Waals surface area contributed by atoms with Crippen molar-refractivity contribution < 1.29 is 24.9 Å². The van der Waals surface area contributed by atoms with Crippen molar-refractivity contribution >= 4 is 22.9 Å². The molecule has 0 aliphatic carbocycles. The van der Waals surface area contributed by atoms with Gasteiger partial charge in [0.05, 0.1) is 6.61 Å². The van der Waals surface area contributed by atoms with Gasteiger partial charge in [-0.2, -0.15) is 9.36 Å². The topological polar surface area (TPSA) is 205 Å². The number of anilines is 1. The van der Waals surface area contributed by atoms with Gasteiger partial charge in [0, 0.05) is 0 Å². The first-order chi connectivity index (χ1) is 10.9. The highest BCUT2D eigenvalue weighted by Crippen LogP contribution is 2.27. The number of aliphatic hydroxyl groups is 3. The molecule has 2 aromatic heterocycles. The first-order valence-electron chi connectivity index (χ1n) is 6.42. The molecule has 23 heavy (non-hydrogen) atoms. The molecule has 1 aliphatic rings. The van der Waals surface area contributed by atoms with E-state index < -0.39 is 42.7 Å². The number of amides is 1. The minimum Gasteiger partial charge on any atom is -0.394 e. The van der Waals surface area contributed by atoms with E-state index in [1.165, 1.54) is 0 Å². The second-order valence-corrected chi connectivity index (χ2v) is 4.90. The van der Waals surface area contributed by atoms with Crippen molar-refractivity contribution in [3.05, 3.63) is 10.4 Å². The Morgan fingerprint density at radius 1 is 1.35 bits per heavy atom. The summed E-state index contributed by atoms with van der Waals surface area (Å²) >= 11 is 0. The molecule has 4 unspecified atom stereocenters. The van der Waals surface area contributed by atoms with Crippen LogP contribution in [0.5, 0.6) is 0 Å². The Morgan fingerprint density at radius 2 is 2.04 bits per heavy atom. The molecule has 1 aliphatic heterocycles. The molecule has 1 fully saturated rings. The van der Waals surface area contributed by atoms with Crippen LogP contribution in [-0.4, -0.2) is 71.0 Å². The Bertz CT molecular complexity index is 831. The van der Waals surface area contributed by atoms with E-state index in [2.05, 4.69) is 15.4 Å². The van der Waals surface area contributed by atoms with E-state index in [1.54, 1.807) is 0 Å². The van der Waals surface area contributed by atoms with Crippen LogP contribution in [0.25, 0.3) is 11.0 Å². The first kappa shape index (κ1) is 15.3. The maximum Gasteiger partial charge on any atom is 0.340 e. The second kappa shape index (κ2) is 5.24. The van der Waals surface area contributed by atoms with E-state index in [1.807, 2.05) is 0 Å². The van der Waals surface area contributed by atoms with Gasteiger partial charge in [0.1, 0.15) is 18.3 Å². The van der Waals surface area contributed by atoms with Crippen LogP contribution in [-0.2, 0) is 4.74 Å². The third-order valence-corrected chi connectivity index (χ3v) is 3.51. The predicted octanol–water partition coefficient (Wildman–Crippen LogP) is -3.89. The number of hydrogen-bond acceptors (Lipinski definition) is 10. The van der Waals surface area contributed by atoms with Gasteiger partial charge in [-0.15, -0.1) is 10.2 Å². The zero-order valence-corrected chi connectivity index (χ0v) is 11.5. The summed E-state index contributed by atoms with van der Waals surface area (Å²) in [6, 6.07) is -1.07. The number of carbonyl (C=O) groups excluding carboxylic acids is 1. The van der Waals surface area contributed by atoms with Crippen molar-refractivity contribution in [3.8, 4) is 0 Å². The monoisotopic (exact) mass is 327 g/mol. The van der Waals surface area contributed by atoms with E-state index in [0.29, 0.717) is 9.36 Å². The third kappa shape index (κ3) is 2.14. The number of nitrogen functional groups attached to an aromatic ring is 1. The van der Waals surface area contributed by atoms with E-state index in [0.717, 1.165) is 0 Å². The lowest BCUT2D eigenvalue weighted by Gasteiger charge is -2.15. The van der Waals surface area contributed by atoms with Crippen molar-refractivity contribution in [3.63, 3.8) is 0 Å². The first-order valence-corrected chi connectivity index (χ1v) is 6.42. The highest BCUT2D eigenvalue weighted by atomic mass is 16.6. The zero-order valence-electron chi connectivity index (χ0n) is 11.5. The number of nitrogens with zero attached hydrogens (tertiary/aromatic N) is 5. The van der Waals surface area contributed by atoms with Gasteiger partial charge in [-0.05, 0) is 0 Å². The summed E-state index contributed by atoms with van der Waals surface area (Å²) in [4.78, 5) is 23.8. The fourth-order valence-electron chi connectivity index (χ4n) is 2.37. The van der Waals surface area contributed by atoms with Gasteiger partial charge >= 0.3 is 6.03 Å². The molecular weight excluding hydrogens is 314 g/mol. The van der Waals surface area contributed by atoms with Crippen molar-refractivity contribution in [1.82, 2.24) is 24.8 Å². The lowest BCUT2D eigenvalue weighted by molar-refractivity contribution is -0.0619. The van der Waals surface area contributed by atoms with Crippen LogP contribution in [0.15, 0.2) is 4.79 Å². The van der Waals surface area contributed by atoms with E-state index in [4.69, 9.17) is 21.3 Å². The van der Waals surface area contributed by atoms with E-state index >= 15 is 0 Å². The molecule has 3 rings (SSSR count). The summed E-state index contributed by atoms with van der Waals surface area (Å²) in [5.41, 5.74) is 9.25. The molecule has 4 atom stereocenters. The molecular formula is C10H13N7O6. The number of aromatic nitrogens is 5. The van der Waals surface area contributed by atoms with E-state index in [-0.39, 0.29) is 16.9 Å². The molecule has 13 nitrogen and oxygen atoms in total. The molecule has 1 saturated heterocycles. The standard InChI is InChI=1S/C10H13N7O6/c11-7-3-4(16(14-7)10(12)22)8(21)17(15-13-3)9-6(20)5(19)2(1-18)23-9/h2,5-6,9,18-20H,1H2,(H2,11,14)(H2,12,22). The number of aliphatic hydroxyl groups excluding tert-OH is 3. The predicted molar refractivity (Wildman–Crippen MR) is 72.0 cm³/mol. The molecule has 0 spiro atoms. The zero-order chi connectivity index (χ0) is 16.9. The summed E-state index contributed by atoms with van der Waals surface area (Å²) in [5.74, 6) is -0.225. The Labute approximate surface area is 126 Å². The van der Waals surface area contributed by atoms with Gasteiger partial charge in [-0.3, -0.25) is 4.79 Å². The number of nitrogens with two attached hydrogens (primary N) is 2. The molecule has 1 amide bonds. The summed E-state index contributed by atoms with van der Waals surface area (Å²) in [5, 5.41) is 39.6. The van der Waals surface area contributed by atoms with Crippen molar-refractivity contribution in [2.24, 2.45) is 5.73 Å². The molecule has 0 aromatic carbocycles. The Hall–Kier alpha value is -2.61. The summed E-state index contributed by atoms with van der Waals surface area (Å²) in [7, 11) is 0. The van der Waals surface area contributed by atoms with Crippen LogP contribution in [0, 0.1) is 0 Å². The fourth-order valence-corrected chi connectivity index (χ4v) is 2.37. The average molecular weight is 327 g/mol. The molecule has 3 heterocycles. The number of rotatable bonds is 2. The van der Waals surface area contributed by atoms with Gasteiger partial charge in [0.25, 0.3) is 5.56 Å². The van der Waals surface area contributed by atoms with Crippen LogP contribution < -0.4 is 17.0 Å². The number of ether oxygens (including phenoxy) is 1. The number of carbonyl (C=O) groups is 1.